The molecule has 14 heavy (non-hydrogen) atoms. The van der Waals surface area contributed by atoms with Crippen LogP contribution in [0.1, 0.15) is 0 Å². The van der Waals surface area contributed by atoms with Gasteiger partial charge in [0.25, 0.3) is 0 Å². The number of benzene rings is 1. The molecule has 0 saturated carbocycles. The van der Waals surface area contributed by atoms with E-state index in [1.807, 2.05) is 18.2 Å². The van der Waals surface area contributed by atoms with Crippen LogP contribution in [0.2, 0.25) is 0 Å². The van der Waals surface area contributed by atoms with Gasteiger partial charge < -0.3 is 4.98 Å². The highest BCUT2D eigenvalue weighted by molar-refractivity contribution is 9.10. The highest BCUT2D eigenvalue weighted by Crippen LogP contribution is 2.28. The molecule has 4 heteroatoms. The van der Waals surface area contributed by atoms with Crippen molar-refractivity contribution in [2.75, 3.05) is 0 Å². The summed E-state index contributed by atoms with van der Waals surface area (Å²) in [6.07, 6.45) is 3.39. The molecule has 0 unspecified atom stereocenters. The Morgan fingerprint density at radius 1 is 1.14 bits per heavy atom. The number of aromatic amines is 1. The van der Waals surface area contributed by atoms with Gasteiger partial charge in [0.05, 0.1) is 5.52 Å². The van der Waals surface area contributed by atoms with Crippen LogP contribution < -0.4 is 0 Å². The first-order chi connectivity index (χ1) is 6.86. The maximum atomic E-state index is 4.31. The number of fused-ring (bicyclic) bond motifs is 3. The second-order valence-corrected chi connectivity index (χ2v) is 3.90. The molecule has 0 aliphatic carbocycles. The Morgan fingerprint density at radius 3 is 2.93 bits per heavy atom. The number of halogens is 1. The first-order valence-corrected chi connectivity index (χ1v) is 5.02. The van der Waals surface area contributed by atoms with E-state index in [-0.39, 0.29) is 0 Å². The van der Waals surface area contributed by atoms with Crippen molar-refractivity contribution in [3.63, 3.8) is 0 Å². The van der Waals surface area contributed by atoms with E-state index in [1.54, 1.807) is 12.4 Å². The summed E-state index contributed by atoms with van der Waals surface area (Å²) in [6.45, 7) is 0. The molecule has 0 atom stereocenters. The van der Waals surface area contributed by atoms with Gasteiger partial charge in [0, 0.05) is 22.3 Å². The van der Waals surface area contributed by atoms with Crippen LogP contribution in [-0.4, -0.2) is 15.0 Å². The molecule has 0 aliphatic heterocycles. The minimum absolute atomic E-state index is 0.828. The lowest BCUT2D eigenvalue weighted by atomic mass is 10.2. The van der Waals surface area contributed by atoms with Crippen LogP contribution in [0.4, 0.5) is 0 Å². The quantitative estimate of drug-likeness (QED) is 0.664. The summed E-state index contributed by atoms with van der Waals surface area (Å²) in [5, 5.41) is 1.09. The second-order valence-electron chi connectivity index (χ2n) is 3.04. The summed E-state index contributed by atoms with van der Waals surface area (Å²) in [5.74, 6) is 0. The normalized spacial score (nSPS) is 11.2. The van der Waals surface area contributed by atoms with Crippen LogP contribution in [0.5, 0.6) is 0 Å². The molecule has 1 N–H and O–H groups in total. The Morgan fingerprint density at radius 2 is 2.00 bits per heavy atom. The van der Waals surface area contributed by atoms with Crippen molar-refractivity contribution in [3.8, 4) is 0 Å². The monoisotopic (exact) mass is 247 g/mol. The summed E-state index contributed by atoms with van der Waals surface area (Å²) in [5.41, 5.74) is 2.80. The summed E-state index contributed by atoms with van der Waals surface area (Å²) >= 11 is 3.51. The standard InChI is InChI=1S/C10H6BrN3/c11-6-2-1-3-7-8(6)9-10(14-7)13-5-4-12-9/h1-5H,(H,13,14). The molecular formula is C10H6BrN3. The molecule has 0 saturated heterocycles. The van der Waals surface area contributed by atoms with Crippen LogP contribution in [-0.2, 0) is 0 Å². The lowest BCUT2D eigenvalue weighted by Gasteiger charge is -1.92. The molecule has 3 rings (SSSR count). The molecule has 0 bridgehead atoms. The third-order valence-corrected chi connectivity index (χ3v) is 2.86. The van der Waals surface area contributed by atoms with Crippen molar-refractivity contribution < 1.29 is 0 Å². The first-order valence-electron chi connectivity index (χ1n) is 4.23. The van der Waals surface area contributed by atoms with Crippen molar-refractivity contribution in [2.45, 2.75) is 0 Å². The largest absolute Gasteiger partial charge is 0.338 e. The van der Waals surface area contributed by atoms with E-state index in [0.717, 1.165) is 26.5 Å². The Hall–Kier alpha value is -1.42. The molecule has 68 valence electrons. The minimum Gasteiger partial charge on any atom is -0.338 e. The number of hydrogen-bond acceptors (Lipinski definition) is 2. The Bertz CT molecular complexity index is 615. The second kappa shape index (κ2) is 2.78. The lowest BCUT2D eigenvalue weighted by Crippen LogP contribution is -1.77. The fraction of sp³-hybridized carbons (Fsp3) is 0. The van der Waals surface area contributed by atoms with Gasteiger partial charge in [-0.3, -0.25) is 4.98 Å². The van der Waals surface area contributed by atoms with Crippen molar-refractivity contribution in [3.05, 3.63) is 35.1 Å². The summed E-state index contributed by atoms with van der Waals surface area (Å²) < 4.78 is 1.04. The molecule has 2 aromatic heterocycles. The van der Waals surface area contributed by atoms with Gasteiger partial charge in [0.15, 0.2) is 5.65 Å². The predicted octanol–water partition coefficient (Wildman–Crippen LogP) is 2.87. The number of nitrogens with one attached hydrogen (secondary N) is 1. The number of nitrogens with zero attached hydrogens (tertiary/aromatic N) is 2. The Balaban J connectivity index is 2.65. The molecule has 1 aromatic carbocycles. The lowest BCUT2D eigenvalue weighted by molar-refractivity contribution is 1.27. The van der Waals surface area contributed by atoms with Gasteiger partial charge in [-0.25, -0.2) is 4.98 Å². The fourth-order valence-electron chi connectivity index (χ4n) is 1.61. The third kappa shape index (κ3) is 0.974. The van der Waals surface area contributed by atoms with E-state index in [2.05, 4.69) is 30.9 Å². The first kappa shape index (κ1) is 7.94. The topological polar surface area (TPSA) is 41.6 Å². The van der Waals surface area contributed by atoms with Gasteiger partial charge in [-0.1, -0.05) is 22.0 Å². The van der Waals surface area contributed by atoms with E-state index in [0.29, 0.717) is 0 Å². The van der Waals surface area contributed by atoms with Gasteiger partial charge in [-0.15, -0.1) is 0 Å². The molecule has 3 aromatic rings. The highest BCUT2D eigenvalue weighted by Gasteiger charge is 2.07. The van der Waals surface area contributed by atoms with Gasteiger partial charge >= 0.3 is 0 Å². The minimum atomic E-state index is 0.828. The zero-order valence-electron chi connectivity index (χ0n) is 7.16. The van der Waals surface area contributed by atoms with Crippen LogP contribution in [0, 0.1) is 0 Å². The highest BCUT2D eigenvalue weighted by atomic mass is 79.9. The van der Waals surface area contributed by atoms with Crippen LogP contribution >= 0.6 is 15.9 Å². The summed E-state index contributed by atoms with van der Waals surface area (Å²) in [6, 6.07) is 6.01. The zero-order valence-corrected chi connectivity index (χ0v) is 8.75. The molecule has 2 heterocycles. The molecule has 0 fully saturated rings. The molecule has 0 radical (unpaired) electrons. The van der Waals surface area contributed by atoms with Crippen molar-refractivity contribution >= 4 is 38.0 Å². The zero-order chi connectivity index (χ0) is 9.54. The fourth-order valence-corrected chi connectivity index (χ4v) is 2.16. The van der Waals surface area contributed by atoms with Crippen molar-refractivity contribution in [1.29, 1.82) is 0 Å². The van der Waals surface area contributed by atoms with Gasteiger partial charge in [0.1, 0.15) is 5.52 Å². The number of aromatic nitrogens is 3. The average molecular weight is 248 g/mol. The third-order valence-electron chi connectivity index (χ3n) is 2.20. The summed E-state index contributed by atoms with van der Waals surface area (Å²) in [7, 11) is 0. The molecule has 0 spiro atoms. The van der Waals surface area contributed by atoms with Gasteiger partial charge in [-0.2, -0.15) is 0 Å². The molecule has 3 nitrogen and oxygen atoms in total. The van der Waals surface area contributed by atoms with E-state index < -0.39 is 0 Å². The molecular weight excluding hydrogens is 242 g/mol. The van der Waals surface area contributed by atoms with E-state index >= 15 is 0 Å². The number of H-pyrrole nitrogens is 1. The maximum absolute atomic E-state index is 4.31. The van der Waals surface area contributed by atoms with Crippen molar-refractivity contribution in [1.82, 2.24) is 15.0 Å². The average Bonchev–Trinajstić information content (AvgIpc) is 2.57. The molecule has 0 amide bonds. The summed E-state index contributed by atoms with van der Waals surface area (Å²) in [4.78, 5) is 11.7. The van der Waals surface area contributed by atoms with Crippen molar-refractivity contribution in [2.24, 2.45) is 0 Å². The maximum Gasteiger partial charge on any atom is 0.157 e. The van der Waals surface area contributed by atoms with E-state index in [4.69, 9.17) is 0 Å². The van der Waals surface area contributed by atoms with Crippen LogP contribution in [0.25, 0.3) is 22.1 Å². The number of hydrogen-bond donors (Lipinski definition) is 1. The van der Waals surface area contributed by atoms with Gasteiger partial charge in [0.2, 0.25) is 0 Å². The smallest absolute Gasteiger partial charge is 0.157 e. The Labute approximate surface area is 88.3 Å². The van der Waals surface area contributed by atoms with E-state index in [1.165, 1.54) is 0 Å². The van der Waals surface area contributed by atoms with Crippen LogP contribution in [0.3, 0.4) is 0 Å². The van der Waals surface area contributed by atoms with E-state index in [9.17, 15) is 0 Å². The SMILES string of the molecule is Brc1cccc2[nH]c3nccnc3c12. The Kier molecular flexibility index (Phi) is 1.58. The predicted molar refractivity (Wildman–Crippen MR) is 59.1 cm³/mol. The van der Waals surface area contributed by atoms with Gasteiger partial charge in [-0.05, 0) is 12.1 Å². The van der Waals surface area contributed by atoms with Crippen LogP contribution in [0.15, 0.2) is 35.1 Å². The molecule has 0 aliphatic rings. The number of rotatable bonds is 0.